The number of amides is 5. The van der Waals surface area contributed by atoms with Gasteiger partial charge in [0, 0.05) is 80.0 Å². The van der Waals surface area contributed by atoms with E-state index in [1.54, 1.807) is 42.5 Å². The number of fused-ring (bicyclic) bond motifs is 3. The van der Waals surface area contributed by atoms with E-state index >= 15 is 4.39 Å². The number of primary amides is 1. The molecule has 5 aromatic carbocycles. The molecule has 6 N–H and O–H groups in total. The van der Waals surface area contributed by atoms with Crippen molar-refractivity contribution in [2.24, 2.45) is 11.7 Å². The molecule has 0 radical (unpaired) electrons. The van der Waals surface area contributed by atoms with Gasteiger partial charge in [0.05, 0.1) is 29.3 Å². The van der Waals surface area contributed by atoms with Crippen molar-refractivity contribution in [1.29, 1.82) is 0 Å². The molecular weight excluding hydrogens is 1030 g/mol. The number of likely N-dealkylation sites (tertiary alicyclic amines) is 1. The topological polar surface area (TPSA) is 211 Å². The van der Waals surface area contributed by atoms with Crippen LogP contribution < -0.4 is 31.3 Å². The summed E-state index contributed by atoms with van der Waals surface area (Å²) in [4.78, 5) is 74.7. The van der Waals surface area contributed by atoms with E-state index in [0.29, 0.717) is 72.6 Å². The van der Waals surface area contributed by atoms with Gasteiger partial charge in [-0.2, -0.15) is 4.98 Å². The summed E-state index contributed by atoms with van der Waals surface area (Å²) in [5, 5.41) is 26.6. The van der Waals surface area contributed by atoms with E-state index in [4.69, 9.17) is 32.0 Å². The van der Waals surface area contributed by atoms with Crippen LogP contribution >= 0.6 is 22.9 Å². The van der Waals surface area contributed by atoms with Crippen molar-refractivity contribution in [2.75, 3.05) is 76.7 Å². The van der Waals surface area contributed by atoms with Crippen LogP contribution in [0.1, 0.15) is 69.3 Å². The van der Waals surface area contributed by atoms with Crippen LogP contribution in [0.3, 0.4) is 0 Å². The van der Waals surface area contributed by atoms with Crippen LogP contribution in [-0.4, -0.2) is 137 Å². The van der Waals surface area contributed by atoms with Crippen molar-refractivity contribution in [3.63, 3.8) is 0 Å². The number of aromatic nitrogens is 3. The quantitative estimate of drug-likeness (QED) is 0.0578. The summed E-state index contributed by atoms with van der Waals surface area (Å²) in [5.74, 6) is 0.183. The number of piperazine rings is 1. The van der Waals surface area contributed by atoms with Gasteiger partial charge in [-0.3, -0.25) is 14.4 Å². The third-order valence-electron chi connectivity index (χ3n) is 15.6. The number of carbonyl (C=O) groups is 4. The van der Waals surface area contributed by atoms with Gasteiger partial charge >= 0.3 is 6.03 Å². The minimum atomic E-state index is -0.700. The van der Waals surface area contributed by atoms with Crippen LogP contribution in [-0.2, 0) is 14.4 Å². The Morgan fingerprint density at radius 3 is 2.38 bits per heavy atom. The van der Waals surface area contributed by atoms with Crippen molar-refractivity contribution in [3.8, 4) is 33.9 Å². The van der Waals surface area contributed by atoms with Gasteiger partial charge in [-0.15, -0.1) is 11.3 Å². The van der Waals surface area contributed by atoms with E-state index in [-0.39, 0.29) is 77.1 Å². The largest absolute Gasteiger partial charge is 0.508 e. The van der Waals surface area contributed by atoms with Gasteiger partial charge in [0.2, 0.25) is 23.7 Å². The minimum Gasteiger partial charge on any atom is -0.508 e. The summed E-state index contributed by atoms with van der Waals surface area (Å²) in [5.41, 5.74) is 7.80. The lowest BCUT2D eigenvalue weighted by atomic mass is 9.83. The number of likely N-dealkylation sites (N-methyl/N-ethyl adjacent to an activating group) is 2. The fourth-order valence-corrected chi connectivity index (χ4v) is 12.4. The number of anilines is 2. The standard InChI is InChI=1S/C58H65ClFN11O6S/c1-34(62-2)54(74)65-51(35-12-5-4-6-13-35)56(75)71-23-11-18-46(71)55-64-45(33-78-55)40-19-20-47(41-17-10-9-16-39(40)41)77-29-28-68(3)48(73)21-22-63-58-66-52-43(53(67-58)69-24-26-70(27-25-69)57(61)76)32-44(59)49(50(52)60)42-31-37(72)30-36-14-7-8-15-38(36)42/h7-10,14-17,19-20,30-35,46,51,62,72H,4-6,11-13,18,21-29H2,1-3H3,(H2,61,76)(H,65,74)(H,63,66,67)/t34-,46-,51-/m0/s1. The normalized spacial score (nSPS) is 16.9. The second-order valence-corrected chi connectivity index (χ2v) is 21.8. The Bertz CT molecular complexity index is 3390. The van der Waals surface area contributed by atoms with Crippen molar-refractivity contribution in [1.82, 2.24) is 40.3 Å². The Morgan fingerprint density at radius 1 is 0.885 bits per heavy atom. The third kappa shape index (κ3) is 11.3. The summed E-state index contributed by atoms with van der Waals surface area (Å²) in [6.45, 7) is 4.50. The van der Waals surface area contributed by atoms with E-state index in [1.165, 1.54) is 11.0 Å². The fraction of sp³-hybridized carbons (Fsp3) is 0.397. The Balaban J connectivity index is 0.801. The van der Waals surface area contributed by atoms with Crippen LogP contribution in [0.25, 0.3) is 54.8 Å². The first-order valence-electron chi connectivity index (χ1n) is 26.9. The maximum Gasteiger partial charge on any atom is 0.314 e. The molecule has 2 aromatic heterocycles. The number of phenolic OH excluding ortho intramolecular Hbond substituents is 1. The maximum atomic E-state index is 17.1. The zero-order valence-corrected chi connectivity index (χ0v) is 45.6. The van der Waals surface area contributed by atoms with Crippen molar-refractivity contribution in [3.05, 3.63) is 100 Å². The molecule has 20 heteroatoms. The van der Waals surface area contributed by atoms with E-state index in [1.807, 2.05) is 82.8 Å². The lowest BCUT2D eigenvalue weighted by molar-refractivity contribution is -0.139. The molecule has 7 aromatic rings. The highest BCUT2D eigenvalue weighted by molar-refractivity contribution is 7.10. The molecule has 1 aliphatic carbocycles. The number of benzene rings is 5. The molecule has 408 valence electrons. The number of nitrogens with zero attached hydrogens (tertiary/aromatic N) is 7. The fourth-order valence-electron chi connectivity index (χ4n) is 11.2. The second-order valence-electron chi connectivity index (χ2n) is 20.5. The Hall–Kier alpha value is -7.35. The average Bonchev–Trinajstić information content (AvgIpc) is 4.24. The molecule has 2 aliphatic heterocycles. The lowest BCUT2D eigenvalue weighted by Gasteiger charge is -2.35. The number of ether oxygens (including phenoxy) is 1. The monoisotopic (exact) mass is 1100 g/mol. The van der Waals surface area contributed by atoms with Gasteiger partial charge < -0.3 is 51.1 Å². The molecule has 17 nitrogen and oxygen atoms in total. The number of hydrogen-bond donors (Lipinski definition) is 5. The van der Waals surface area contributed by atoms with Gasteiger partial charge in [-0.05, 0) is 97.6 Å². The number of aromatic hydroxyl groups is 1. The molecule has 2 saturated heterocycles. The first-order valence-corrected chi connectivity index (χ1v) is 28.1. The molecule has 3 fully saturated rings. The zero-order chi connectivity index (χ0) is 54.6. The highest BCUT2D eigenvalue weighted by Crippen LogP contribution is 2.44. The van der Waals surface area contributed by atoms with Gasteiger partial charge in [0.1, 0.15) is 40.5 Å². The van der Waals surface area contributed by atoms with Crippen molar-refractivity contribution in [2.45, 2.75) is 76.4 Å². The van der Waals surface area contributed by atoms with Crippen LogP contribution in [0.2, 0.25) is 5.02 Å². The number of nitrogens with two attached hydrogens (primary N) is 1. The zero-order valence-electron chi connectivity index (χ0n) is 44.1. The van der Waals surface area contributed by atoms with Gasteiger partial charge in [0.15, 0.2) is 5.82 Å². The predicted molar refractivity (Wildman–Crippen MR) is 304 cm³/mol. The third-order valence-corrected chi connectivity index (χ3v) is 16.9. The SMILES string of the molecule is CN[C@@H](C)C(=O)N[C@H](C(=O)N1CCC[C@H]1c1nc(-c2ccc(OCCN(C)C(=O)CCNc3nc(N4CCN(C(N)=O)CC4)c4cc(Cl)c(-c5cc(O)cc6ccccc56)c(F)c4n3)c3ccccc23)cs1)C1CCCCC1. The van der Waals surface area contributed by atoms with Gasteiger partial charge in [0.25, 0.3) is 0 Å². The predicted octanol–water partition coefficient (Wildman–Crippen LogP) is 9.10. The Labute approximate surface area is 461 Å². The molecule has 5 amide bonds. The van der Waals surface area contributed by atoms with Crippen molar-refractivity contribution < 1.29 is 33.4 Å². The summed E-state index contributed by atoms with van der Waals surface area (Å²) >= 11 is 8.46. The van der Waals surface area contributed by atoms with Crippen LogP contribution in [0.4, 0.5) is 21.0 Å². The molecule has 1 saturated carbocycles. The summed E-state index contributed by atoms with van der Waals surface area (Å²) in [6, 6.07) is 22.3. The molecule has 0 bridgehead atoms. The first kappa shape index (κ1) is 54.0. The van der Waals surface area contributed by atoms with Gasteiger partial charge in [-0.25, -0.2) is 19.2 Å². The smallest absolute Gasteiger partial charge is 0.314 e. The van der Waals surface area contributed by atoms with E-state index in [2.05, 4.69) is 20.9 Å². The molecule has 3 aliphatic rings. The average molecular weight is 1100 g/mol. The van der Waals surface area contributed by atoms with E-state index < -0.39 is 23.9 Å². The van der Waals surface area contributed by atoms with E-state index in [0.717, 1.165) is 72.0 Å². The second kappa shape index (κ2) is 23.7. The Morgan fingerprint density at radius 2 is 1.63 bits per heavy atom. The van der Waals surface area contributed by atoms with E-state index in [9.17, 15) is 24.3 Å². The van der Waals surface area contributed by atoms with Gasteiger partial charge in [-0.1, -0.05) is 79.4 Å². The van der Waals surface area contributed by atoms with Crippen LogP contribution in [0.5, 0.6) is 11.5 Å². The molecule has 10 rings (SSSR count). The summed E-state index contributed by atoms with van der Waals surface area (Å²) in [7, 11) is 3.46. The highest BCUT2D eigenvalue weighted by atomic mass is 35.5. The number of phenols is 1. The first-order chi connectivity index (χ1) is 37.8. The Kier molecular flexibility index (Phi) is 16.4. The number of carbonyl (C=O) groups excluding carboxylic acids is 4. The number of thiazole rings is 1. The highest BCUT2D eigenvalue weighted by Gasteiger charge is 2.40. The maximum absolute atomic E-state index is 17.1. The summed E-state index contributed by atoms with van der Waals surface area (Å²) in [6.07, 6.45) is 6.84. The number of urea groups is 1. The molecule has 0 spiro atoms. The van der Waals surface area contributed by atoms with Crippen LogP contribution in [0.15, 0.2) is 84.2 Å². The molecule has 4 heterocycles. The number of nitrogens with one attached hydrogen (secondary N) is 3. The minimum absolute atomic E-state index is 0.00449. The number of halogens is 2. The number of hydrogen-bond acceptors (Lipinski definition) is 13. The van der Waals surface area contributed by atoms with Crippen LogP contribution in [0, 0.1) is 11.7 Å². The number of rotatable bonds is 17. The molecular formula is C58H65ClFN11O6S. The van der Waals surface area contributed by atoms with Crippen molar-refractivity contribution >= 4 is 90.9 Å². The molecule has 78 heavy (non-hydrogen) atoms. The summed E-state index contributed by atoms with van der Waals surface area (Å²) < 4.78 is 23.4. The molecule has 3 atom stereocenters. The lowest BCUT2D eigenvalue weighted by Crippen LogP contribution is -2.55. The molecule has 0 unspecified atom stereocenters.